The number of aryl methyl sites for hydroxylation is 1. The molecule has 2 unspecified atom stereocenters. The number of ether oxygens (including phenoxy) is 1. The van der Waals surface area contributed by atoms with E-state index in [1.165, 1.54) is 11.1 Å². The van der Waals surface area contributed by atoms with Gasteiger partial charge in [0.1, 0.15) is 0 Å². The highest BCUT2D eigenvalue weighted by Gasteiger charge is 2.19. The van der Waals surface area contributed by atoms with Gasteiger partial charge in [0, 0.05) is 18.9 Å². The van der Waals surface area contributed by atoms with Crippen LogP contribution in [0, 0.1) is 0 Å². The molecule has 0 bridgehead atoms. The average Bonchev–Trinajstić information content (AvgIpc) is 2.68. The molecule has 0 amide bonds. The summed E-state index contributed by atoms with van der Waals surface area (Å²) in [4.78, 5) is 11.8. The van der Waals surface area contributed by atoms with Crippen molar-refractivity contribution in [2.75, 3.05) is 6.61 Å². The van der Waals surface area contributed by atoms with Gasteiger partial charge in [-0.05, 0) is 47.4 Å². The Bertz CT molecular complexity index is 838. The predicted molar refractivity (Wildman–Crippen MR) is 126 cm³/mol. The fourth-order valence-electron chi connectivity index (χ4n) is 3.47. The van der Waals surface area contributed by atoms with Gasteiger partial charge in [-0.15, -0.1) is 0 Å². The third-order valence-corrected chi connectivity index (χ3v) is 5.62. The fraction of sp³-hybridized carbons (Fsp3) is 0.440. The third-order valence-electron chi connectivity index (χ3n) is 5.33. The number of carboxylic acids is 1. The number of benzene rings is 2. The second-order valence-corrected chi connectivity index (χ2v) is 9.14. The van der Waals surface area contributed by atoms with Crippen LogP contribution in [0.15, 0.2) is 48.5 Å². The van der Waals surface area contributed by atoms with Gasteiger partial charge in [-0.2, -0.15) is 0 Å². The maximum atomic E-state index is 11.3. The molecule has 0 aliphatic rings. The van der Waals surface area contributed by atoms with Crippen LogP contribution in [0.4, 0.5) is 0 Å². The molecule has 0 saturated carbocycles. The van der Waals surface area contributed by atoms with Crippen molar-refractivity contribution < 1.29 is 14.6 Å². The molecule has 0 heterocycles. The van der Waals surface area contributed by atoms with E-state index in [-0.39, 0.29) is 11.3 Å². The molecule has 2 atom stereocenters. The Morgan fingerprint density at radius 2 is 1.63 bits per heavy atom. The molecule has 2 aromatic rings. The van der Waals surface area contributed by atoms with Crippen LogP contribution in [0.3, 0.4) is 0 Å². The zero-order valence-corrected chi connectivity index (χ0v) is 19.2. The first-order valence-corrected chi connectivity index (χ1v) is 10.8. The summed E-state index contributed by atoms with van der Waals surface area (Å²) < 4.78 is 5.29. The maximum Gasteiger partial charge on any atom is 0.333 e. The highest BCUT2D eigenvalue weighted by atomic mass is 32.1. The lowest BCUT2D eigenvalue weighted by atomic mass is 9.84. The number of carbonyl (C=O) groups is 1. The molecule has 0 aliphatic heterocycles. The van der Waals surface area contributed by atoms with Crippen molar-refractivity contribution in [2.45, 2.75) is 64.4 Å². The topological polar surface area (TPSA) is 72.5 Å². The lowest BCUT2D eigenvalue weighted by molar-refractivity contribution is -0.149. The summed E-state index contributed by atoms with van der Waals surface area (Å²) in [6.45, 7) is 8.78. The second kappa shape index (κ2) is 10.7. The number of carboxylic acid groups (broad SMARTS) is 1. The summed E-state index contributed by atoms with van der Waals surface area (Å²) in [5, 5.41) is 9.24. The van der Waals surface area contributed by atoms with E-state index in [0.717, 1.165) is 24.0 Å². The van der Waals surface area contributed by atoms with Crippen LogP contribution in [0.1, 0.15) is 62.3 Å². The first-order valence-electron chi connectivity index (χ1n) is 10.4. The number of hydrogen-bond acceptors (Lipinski definition) is 3. The van der Waals surface area contributed by atoms with E-state index in [9.17, 15) is 9.90 Å². The van der Waals surface area contributed by atoms with Crippen LogP contribution >= 0.6 is 12.2 Å². The van der Waals surface area contributed by atoms with E-state index in [4.69, 9.17) is 22.7 Å². The number of aliphatic carboxylic acids is 1. The molecule has 30 heavy (non-hydrogen) atoms. The van der Waals surface area contributed by atoms with E-state index in [1.54, 1.807) is 6.92 Å². The standard InChI is InChI=1S/C25H33NO3S/c1-5-29-22(24(27)28)16-18-8-6-17(7-9-18)10-15-21(23(26)30)19-11-13-20(14-12-19)25(2,3)4/h6-9,11-14,21-22H,5,10,15-16H2,1-4H3,(H2,26,30)(H,27,28). The predicted octanol–water partition coefficient (Wildman–Crippen LogP) is 5.02. The molecular formula is C25H33NO3S. The zero-order valence-electron chi connectivity index (χ0n) is 18.4. The number of hydrogen-bond donors (Lipinski definition) is 2. The minimum absolute atomic E-state index is 0.0306. The van der Waals surface area contributed by atoms with Crippen molar-refractivity contribution in [3.8, 4) is 0 Å². The zero-order chi connectivity index (χ0) is 22.3. The Hall–Kier alpha value is -2.24. The Kier molecular flexibility index (Phi) is 8.56. The Morgan fingerprint density at radius 1 is 1.07 bits per heavy atom. The fourth-order valence-corrected chi connectivity index (χ4v) is 3.73. The lowest BCUT2D eigenvalue weighted by Crippen LogP contribution is -2.26. The van der Waals surface area contributed by atoms with Gasteiger partial charge in [-0.25, -0.2) is 4.79 Å². The molecule has 0 spiro atoms. The first kappa shape index (κ1) is 24.0. The summed E-state index contributed by atoms with van der Waals surface area (Å²) in [5.74, 6) is -0.902. The number of rotatable bonds is 10. The van der Waals surface area contributed by atoms with Crippen LogP contribution in [-0.2, 0) is 27.8 Å². The molecule has 0 saturated heterocycles. The summed E-state index contributed by atoms with van der Waals surface area (Å²) >= 11 is 5.35. The lowest BCUT2D eigenvalue weighted by Gasteiger charge is -2.21. The molecule has 0 aromatic heterocycles. The smallest absolute Gasteiger partial charge is 0.333 e. The monoisotopic (exact) mass is 427 g/mol. The molecule has 4 nitrogen and oxygen atoms in total. The molecule has 2 aromatic carbocycles. The molecule has 0 aliphatic carbocycles. The van der Waals surface area contributed by atoms with Crippen molar-refractivity contribution in [1.29, 1.82) is 0 Å². The summed E-state index contributed by atoms with van der Waals surface area (Å²) in [5.41, 5.74) is 10.7. The molecule has 0 radical (unpaired) electrons. The van der Waals surface area contributed by atoms with Crippen LogP contribution in [0.25, 0.3) is 0 Å². The van der Waals surface area contributed by atoms with Crippen molar-refractivity contribution >= 4 is 23.2 Å². The molecule has 5 heteroatoms. The van der Waals surface area contributed by atoms with Gasteiger partial charge in [-0.1, -0.05) is 81.5 Å². The summed E-state index contributed by atoms with van der Waals surface area (Å²) in [6.07, 6.45) is 1.23. The highest BCUT2D eigenvalue weighted by Crippen LogP contribution is 2.27. The van der Waals surface area contributed by atoms with Crippen LogP contribution in [-0.4, -0.2) is 28.8 Å². The molecular weight excluding hydrogens is 394 g/mol. The van der Waals surface area contributed by atoms with E-state index in [0.29, 0.717) is 18.0 Å². The van der Waals surface area contributed by atoms with Crippen LogP contribution in [0.2, 0.25) is 0 Å². The third kappa shape index (κ3) is 6.92. The van der Waals surface area contributed by atoms with Gasteiger partial charge in [0.15, 0.2) is 6.10 Å². The van der Waals surface area contributed by atoms with Gasteiger partial charge >= 0.3 is 5.97 Å². The second-order valence-electron chi connectivity index (χ2n) is 8.67. The van der Waals surface area contributed by atoms with Crippen LogP contribution < -0.4 is 5.73 Å². The van der Waals surface area contributed by atoms with Crippen molar-refractivity contribution in [1.82, 2.24) is 0 Å². The largest absolute Gasteiger partial charge is 0.479 e. The van der Waals surface area contributed by atoms with Gasteiger partial charge < -0.3 is 15.6 Å². The van der Waals surface area contributed by atoms with Gasteiger partial charge in [-0.3, -0.25) is 0 Å². The minimum Gasteiger partial charge on any atom is -0.479 e. The number of nitrogens with two attached hydrogens (primary N) is 1. The van der Waals surface area contributed by atoms with Gasteiger partial charge in [0.2, 0.25) is 0 Å². The Balaban J connectivity index is 2.03. The van der Waals surface area contributed by atoms with Crippen LogP contribution in [0.5, 0.6) is 0 Å². The van der Waals surface area contributed by atoms with Gasteiger partial charge in [0.05, 0.1) is 4.99 Å². The van der Waals surface area contributed by atoms with Crippen molar-refractivity contribution in [2.24, 2.45) is 5.73 Å². The minimum atomic E-state index is -0.933. The maximum absolute atomic E-state index is 11.3. The first-order chi connectivity index (χ1) is 14.1. The molecule has 3 N–H and O–H groups in total. The Morgan fingerprint density at radius 3 is 2.10 bits per heavy atom. The number of thiocarbonyl (C=S) groups is 1. The van der Waals surface area contributed by atoms with Crippen molar-refractivity contribution in [3.63, 3.8) is 0 Å². The summed E-state index contributed by atoms with van der Waals surface area (Å²) in [7, 11) is 0. The SMILES string of the molecule is CCOC(Cc1ccc(CCC(C(N)=S)c2ccc(C(C)(C)C)cc2)cc1)C(=O)O. The van der Waals surface area contributed by atoms with E-state index >= 15 is 0 Å². The average molecular weight is 428 g/mol. The molecule has 0 fully saturated rings. The molecule has 2 rings (SSSR count). The van der Waals surface area contributed by atoms with E-state index in [2.05, 4.69) is 45.0 Å². The van der Waals surface area contributed by atoms with E-state index in [1.807, 2.05) is 24.3 Å². The highest BCUT2D eigenvalue weighted by molar-refractivity contribution is 7.80. The van der Waals surface area contributed by atoms with Crippen molar-refractivity contribution in [3.05, 3.63) is 70.8 Å². The molecule has 162 valence electrons. The summed E-state index contributed by atoms with van der Waals surface area (Å²) in [6, 6.07) is 16.6. The quantitative estimate of drug-likeness (QED) is 0.521. The van der Waals surface area contributed by atoms with E-state index < -0.39 is 12.1 Å². The van der Waals surface area contributed by atoms with Gasteiger partial charge in [0.25, 0.3) is 0 Å². The normalized spacial score (nSPS) is 13.6. The Labute approximate surface area is 185 Å².